The first-order valence-corrected chi connectivity index (χ1v) is 11.1. The molecule has 0 saturated heterocycles. The molecule has 0 fully saturated rings. The van der Waals surface area contributed by atoms with Crippen molar-refractivity contribution < 1.29 is 0 Å². The van der Waals surface area contributed by atoms with Crippen LogP contribution in [0, 0.1) is 6.92 Å². The van der Waals surface area contributed by atoms with Crippen LogP contribution in [0.3, 0.4) is 0 Å². The van der Waals surface area contributed by atoms with E-state index in [-0.39, 0.29) is 6.04 Å². The molecule has 0 radical (unpaired) electrons. The summed E-state index contributed by atoms with van der Waals surface area (Å²) in [6.07, 6.45) is 1.01. The standard InChI is InChI=1S/C24H31ClN6/c1-5-19(21-11-13-22(25)14-12-21)15-26-24(27-16-23-30-29-18(3)31(23)4)28-17(2)20-9-7-6-8-10-20/h6-14,17,19H,5,15-16H2,1-4H3,(H2,26,27,28). The summed E-state index contributed by atoms with van der Waals surface area (Å²) in [5.41, 5.74) is 2.47. The number of halogens is 1. The van der Waals surface area contributed by atoms with E-state index in [1.54, 1.807) is 0 Å². The average Bonchev–Trinajstić information content (AvgIpc) is 3.11. The van der Waals surface area contributed by atoms with Crippen molar-refractivity contribution in [3.63, 3.8) is 0 Å². The third-order valence-corrected chi connectivity index (χ3v) is 5.82. The lowest BCUT2D eigenvalue weighted by atomic mass is 9.96. The Hall–Kier alpha value is -2.86. The van der Waals surface area contributed by atoms with E-state index in [1.807, 2.05) is 48.9 Å². The van der Waals surface area contributed by atoms with Crippen molar-refractivity contribution in [1.29, 1.82) is 0 Å². The van der Waals surface area contributed by atoms with Crippen LogP contribution in [-0.2, 0) is 13.6 Å². The van der Waals surface area contributed by atoms with Crippen molar-refractivity contribution in [2.75, 3.05) is 6.54 Å². The minimum atomic E-state index is 0.115. The number of benzene rings is 2. The van der Waals surface area contributed by atoms with E-state index >= 15 is 0 Å². The first-order valence-electron chi connectivity index (χ1n) is 10.7. The smallest absolute Gasteiger partial charge is 0.192 e. The van der Waals surface area contributed by atoms with E-state index in [0.29, 0.717) is 12.5 Å². The minimum absolute atomic E-state index is 0.115. The molecular formula is C24H31ClN6. The van der Waals surface area contributed by atoms with Crippen molar-refractivity contribution in [1.82, 2.24) is 25.4 Å². The average molecular weight is 439 g/mol. The zero-order valence-electron chi connectivity index (χ0n) is 18.6. The topological polar surface area (TPSA) is 67.1 Å². The number of aromatic nitrogens is 3. The highest BCUT2D eigenvalue weighted by Gasteiger charge is 2.13. The zero-order valence-corrected chi connectivity index (χ0v) is 19.4. The molecular weight excluding hydrogens is 408 g/mol. The van der Waals surface area contributed by atoms with Gasteiger partial charge in [-0.15, -0.1) is 10.2 Å². The fourth-order valence-corrected chi connectivity index (χ4v) is 3.50. The Labute approximate surface area is 189 Å². The second kappa shape index (κ2) is 11.0. The van der Waals surface area contributed by atoms with Crippen molar-refractivity contribution in [3.05, 3.63) is 82.4 Å². The Bertz CT molecular complexity index is 981. The maximum absolute atomic E-state index is 6.06. The van der Waals surface area contributed by atoms with Gasteiger partial charge in [0.05, 0.1) is 6.04 Å². The Morgan fingerprint density at radius 1 is 1.06 bits per heavy atom. The molecule has 2 unspecified atom stereocenters. The van der Waals surface area contributed by atoms with Gasteiger partial charge in [0.1, 0.15) is 12.4 Å². The van der Waals surface area contributed by atoms with Crippen molar-refractivity contribution >= 4 is 17.6 Å². The molecule has 0 spiro atoms. The molecule has 0 amide bonds. The molecule has 1 heterocycles. The third-order valence-electron chi connectivity index (χ3n) is 5.56. The highest BCUT2D eigenvalue weighted by atomic mass is 35.5. The monoisotopic (exact) mass is 438 g/mol. The lowest BCUT2D eigenvalue weighted by molar-refractivity contribution is 0.613. The van der Waals surface area contributed by atoms with Gasteiger partial charge in [0.25, 0.3) is 0 Å². The minimum Gasteiger partial charge on any atom is -0.356 e. The van der Waals surface area contributed by atoms with Gasteiger partial charge in [0.2, 0.25) is 0 Å². The van der Waals surface area contributed by atoms with Crippen LogP contribution in [0.15, 0.2) is 59.6 Å². The lowest BCUT2D eigenvalue weighted by Gasteiger charge is -2.22. The largest absolute Gasteiger partial charge is 0.356 e. The fourth-order valence-electron chi connectivity index (χ4n) is 3.37. The van der Waals surface area contributed by atoms with Gasteiger partial charge < -0.3 is 15.2 Å². The molecule has 0 aliphatic rings. The molecule has 2 N–H and O–H groups in total. The molecule has 31 heavy (non-hydrogen) atoms. The van der Waals surface area contributed by atoms with Crippen LogP contribution in [0.2, 0.25) is 5.02 Å². The summed E-state index contributed by atoms with van der Waals surface area (Å²) in [4.78, 5) is 4.80. The van der Waals surface area contributed by atoms with Crippen LogP contribution in [0.4, 0.5) is 0 Å². The molecule has 2 atom stereocenters. The molecule has 164 valence electrons. The van der Waals surface area contributed by atoms with Crippen molar-refractivity contribution in [2.24, 2.45) is 12.0 Å². The van der Waals surface area contributed by atoms with Crippen LogP contribution >= 0.6 is 11.6 Å². The Kier molecular flexibility index (Phi) is 8.06. The molecule has 0 aliphatic heterocycles. The normalized spacial score (nSPS) is 13.6. The highest BCUT2D eigenvalue weighted by Crippen LogP contribution is 2.21. The zero-order chi connectivity index (χ0) is 22.2. The number of hydrogen-bond donors (Lipinski definition) is 2. The van der Waals surface area contributed by atoms with E-state index in [1.165, 1.54) is 11.1 Å². The first-order chi connectivity index (χ1) is 15.0. The molecule has 7 heteroatoms. The number of rotatable bonds is 8. The van der Waals surface area contributed by atoms with Crippen LogP contribution in [0.5, 0.6) is 0 Å². The number of aliphatic imine (C=N–C) groups is 1. The van der Waals surface area contributed by atoms with Gasteiger partial charge in [-0.05, 0) is 43.5 Å². The van der Waals surface area contributed by atoms with Gasteiger partial charge in [-0.25, -0.2) is 4.99 Å². The summed E-state index contributed by atoms with van der Waals surface area (Å²) in [5.74, 6) is 2.81. The first kappa shape index (κ1) is 22.8. The van der Waals surface area contributed by atoms with Gasteiger partial charge in [-0.1, -0.05) is 61.0 Å². The van der Waals surface area contributed by atoms with Crippen molar-refractivity contribution in [2.45, 2.75) is 45.7 Å². The summed E-state index contributed by atoms with van der Waals surface area (Å²) in [5, 5.41) is 16.2. The Morgan fingerprint density at radius 3 is 2.39 bits per heavy atom. The van der Waals surface area contributed by atoms with Crippen LogP contribution in [0.25, 0.3) is 0 Å². The second-order valence-corrected chi connectivity index (χ2v) is 8.14. The van der Waals surface area contributed by atoms with Crippen LogP contribution < -0.4 is 10.6 Å². The van der Waals surface area contributed by atoms with E-state index in [0.717, 1.165) is 35.6 Å². The maximum Gasteiger partial charge on any atom is 0.192 e. The second-order valence-electron chi connectivity index (χ2n) is 7.70. The predicted octanol–water partition coefficient (Wildman–Crippen LogP) is 4.77. The van der Waals surface area contributed by atoms with Gasteiger partial charge in [-0.3, -0.25) is 0 Å². The van der Waals surface area contributed by atoms with E-state index in [2.05, 4.69) is 58.9 Å². The fraction of sp³-hybridized carbons (Fsp3) is 0.375. The molecule has 1 aromatic heterocycles. The van der Waals surface area contributed by atoms with Gasteiger partial charge in [0, 0.05) is 24.5 Å². The summed E-state index contributed by atoms with van der Waals surface area (Å²) >= 11 is 6.06. The van der Waals surface area contributed by atoms with Crippen LogP contribution in [0.1, 0.15) is 55.0 Å². The molecule has 2 aromatic carbocycles. The van der Waals surface area contributed by atoms with Crippen LogP contribution in [-0.4, -0.2) is 27.3 Å². The number of hydrogen-bond acceptors (Lipinski definition) is 3. The summed E-state index contributed by atoms with van der Waals surface area (Å²) in [6.45, 7) is 7.48. The van der Waals surface area contributed by atoms with E-state index in [9.17, 15) is 0 Å². The van der Waals surface area contributed by atoms with Gasteiger partial charge >= 0.3 is 0 Å². The van der Waals surface area contributed by atoms with Gasteiger partial charge in [-0.2, -0.15) is 0 Å². The molecule has 0 aliphatic carbocycles. The summed E-state index contributed by atoms with van der Waals surface area (Å²) in [6, 6.07) is 18.5. The highest BCUT2D eigenvalue weighted by molar-refractivity contribution is 6.30. The Morgan fingerprint density at radius 2 is 1.77 bits per heavy atom. The SMILES string of the molecule is CCC(CNC(=NCc1nnc(C)n1C)NC(C)c1ccccc1)c1ccc(Cl)cc1. The molecule has 0 bridgehead atoms. The van der Waals surface area contributed by atoms with Crippen molar-refractivity contribution in [3.8, 4) is 0 Å². The number of nitrogens with one attached hydrogen (secondary N) is 2. The molecule has 6 nitrogen and oxygen atoms in total. The number of aryl methyl sites for hydroxylation is 1. The summed E-state index contributed by atoms with van der Waals surface area (Å²) < 4.78 is 1.96. The number of nitrogens with zero attached hydrogens (tertiary/aromatic N) is 4. The van der Waals surface area contributed by atoms with E-state index < -0.39 is 0 Å². The third kappa shape index (κ3) is 6.31. The van der Waals surface area contributed by atoms with Gasteiger partial charge in [0.15, 0.2) is 11.8 Å². The molecule has 0 saturated carbocycles. The predicted molar refractivity (Wildman–Crippen MR) is 127 cm³/mol. The quantitative estimate of drug-likeness (QED) is 0.392. The summed E-state index contributed by atoms with van der Waals surface area (Å²) in [7, 11) is 1.96. The Balaban J connectivity index is 1.74. The number of guanidine groups is 1. The van der Waals surface area contributed by atoms with E-state index in [4.69, 9.17) is 16.6 Å². The maximum atomic E-state index is 6.06. The molecule has 3 rings (SSSR count). The lowest BCUT2D eigenvalue weighted by Crippen LogP contribution is -2.40. The molecule has 3 aromatic rings.